The van der Waals surface area contributed by atoms with E-state index >= 15 is 0 Å². The average molecular weight is 220 g/mol. The van der Waals surface area contributed by atoms with E-state index in [1.54, 1.807) is 19.3 Å². The minimum absolute atomic E-state index is 0.149. The molecule has 16 heavy (non-hydrogen) atoms. The van der Waals surface area contributed by atoms with Gasteiger partial charge < -0.3 is 9.64 Å². The van der Waals surface area contributed by atoms with Crippen LogP contribution in [-0.2, 0) is 9.53 Å². The molecule has 1 atom stereocenters. The Morgan fingerprint density at radius 1 is 1.62 bits per heavy atom. The molecule has 0 aliphatic carbocycles. The van der Waals surface area contributed by atoms with Crippen LogP contribution in [0.25, 0.3) is 0 Å². The molecule has 0 bridgehead atoms. The summed E-state index contributed by atoms with van der Waals surface area (Å²) in [6, 6.07) is 3.32. The van der Waals surface area contributed by atoms with Gasteiger partial charge in [-0.2, -0.15) is 0 Å². The van der Waals surface area contributed by atoms with Gasteiger partial charge >= 0.3 is 5.97 Å². The van der Waals surface area contributed by atoms with Crippen LogP contribution in [0.5, 0.6) is 0 Å². The van der Waals surface area contributed by atoms with E-state index in [9.17, 15) is 9.59 Å². The zero-order valence-corrected chi connectivity index (χ0v) is 9.14. The number of hydrogen-bond donors (Lipinski definition) is 0. The van der Waals surface area contributed by atoms with E-state index in [1.807, 2.05) is 6.07 Å². The van der Waals surface area contributed by atoms with Crippen molar-refractivity contribution in [2.45, 2.75) is 12.5 Å². The molecule has 1 amide bonds. The van der Waals surface area contributed by atoms with Gasteiger partial charge in [-0.15, -0.1) is 0 Å². The maximum Gasteiger partial charge on any atom is 0.307 e. The minimum Gasteiger partial charge on any atom is -0.469 e. The zero-order chi connectivity index (χ0) is 11.7. The second-order valence-corrected chi connectivity index (χ2v) is 3.65. The number of carbonyl (C=O) groups is 2. The van der Waals surface area contributed by atoms with E-state index in [4.69, 9.17) is 0 Å². The lowest BCUT2D eigenvalue weighted by Gasteiger charge is -2.18. The van der Waals surface area contributed by atoms with E-state index in [-0.39, 0.29) is 24.3 Å². The summed E-state index contributed by atoms with van der Waals surface area (Å²) < 4.78 is 4.61. The van der Waals surface area contributed by atoms with Gasteiger partial charge in [0.05, 0.1) is 19.6 Å². The summed E-state index contributed by atoms with van der Waals surface area (Å²) in [5.74, 6) is -0.481. The van der Waals surface area contributed by atoms with Gasteiger partial charge in [0, 0.05) is 18.8 Å². The van der Waals surface area contributed by atoms with Gasteiger partial charge in [0.1, 0.15) is 5.69 Å². The molecule has 2 rings (SSSR count). The number of amides is 1. The molecular formula is C11H12N2O3. The minimum atomic E-state index is -0.332. The lowest BCUT2D eigenvalue weighted by Crippen LogP contribution is -2.25. The zero-order valence-electron chi connectivity index (χ0n) is 9.14. The number of aromatic nitrogens is 1. The van der Waals surface area contributed by atoms with Crippen molar-refractivity contribution in [2.24, 2.45) is 0 Å². The van der Waals surface area contributed by atoms with Crippen LogP contribution in [0.3, 0.4) is 0 Å². The molecule has 84 valence electrons. The van der Waals surface area contributed by atoms with E-state index in [1.165, 1.54) is 12.0 Å². The van der Waals surface area contributed by atoms with E-state index < -0.39 is 0 Å². The fourth-order valence-electron chi connectivity index (χ4n) is 1.87. The Hall–Kier alpha value is -1.91. The van der Waals surface area contributed by atoms with Crippen LogP contribution < -0.4 is 0 Å². The highest BCUT2D eigenvalue weighted by molar-refractivity contribution is 5.97. The molecular weight excluding hydrogens is 208 g/mol. The molecule has 2 heterocycles. The quantitative estimate of drug-likeness (QED) is 0.691. The van der Waals surface area contributed by atoms with Crippen LogP contribution in [0.15, 0.2) is 18.3 Å². The van der Waals surface area contributed by atoms with Crippen LogP contribution in [0.4, 0.5) is 0 Å². The predicted octanol–water partition coefficient (Wildman–Crippen LogP) is 0.771. The van der Waals surface area contributed by atoms with Gasteiger partial charge in [-0.3, -0.25) is 14.6 Å². The molecule has 1 aliphatic heterocycles. The van der Waals surface area contributed by atoms with Gasteiger partial charge in [-0.1, -0.05) is 6.07 Å². The maximum absolute atomic E-state index is 11.8. The molecule has 1 aromatic heterocycles. The highest BCUT2D eigenvalue weighted by Crippen LogP contribution is 2.33. The van der Waals surface area contributed by atoms with Gasteiger partial charge in [0.15, 0.2) is 0 Å². The number of hydrogen-bond acceptors (Lipinski definition) is 4. The number of pyridine rings is 1. The van der Waals surface area contributed by atoms with Crippen molar-refractivity contribution in [2.75, 3.05) is 14.2 Å². The Bertz CT molecular complexity index is 445. The van der Waals surface area contributed by atoms with Crippen molar-refractivity contribution in [3.05, 3.63) is 29.6 Å². The van der Waals surface area contributed by atoms with Gasteiger partial charge in [-0.05, 0) is 6.07 Å². The Morgan fingerprint density at radius 2 is 2.38 bits per heavy atom. The average Bonchev–Trinajstić information content (AvgIpc) is 2.55. The van der Waals surface area contributed by atoms with Crippen LogP contribution in [0.2, 0.25) is 0 Å². The summed E-state index contributed by atoms with van der Waals surface area (Å²) in [6.07, 6.45) is 1.74. The third-order valence-corrected chi connectivity index (χ3v) is 2.78. The molecule has 0 aromatic carbocycles. The highest BCUT2D eigenvalue weighted by atomic mass is 16.5. The fraction of sp³-hybridized carbons (Fsp3) is 0.364. The maximum atomic E-state index is 11.8. The molecule has 0 radical (unpaired) electrons. The smallest absolute Gasteiger partial charge is 0.307 e. The number of rotatable bonds is 2. The molecule has 5 heteroatoms. The molecule has 0 N–H and O–H groups in total. The van der Waals surface area contributed by atoms with Crippen LogP contribution in [0.1, 0.15) is 28.5 Å². The molecule has 5 nitrogen and oxygen atoms in total. The number of ether oxygens (including phenoxy) is 1. The SMILES string of the molecule is COC(=O)C[C@H]1c2cccnc2C(=O)N1C. The first-order chi connectivity index (χ1) is 7.65. The Morgan fingerprint density at radius 3 is 3.06 bits per heavy atom. The molecule has 1 aliphatic rings. The summed E-state index contributed by atoms with van der Waals surface area (Å²) >= 11 is 0. The van der Waals surface area contributed by atoms with Crippen molar-refractivity contribution in [1.82, 2.24) is 9.88 Å². The Balaban J connectivity index is 2.34. The highest BCUT2D eigenvalue weighted by Gasteiger charge is 2.36. The first-order valence-corrected chi connectivity index (χ1v) is 4.94. The summed E-state index contributed by atoms with van der Waals surface area (Å²) in [7, 11) is 3.00. The number of nitrogens with zero attached hydrogens (tertiary/aromatic N) is 2. The molecule has 0 fully saturated rings. The van der Waals surface area contributed by atoms with Crippen molar-refractivity contribution in [3.8, 4) is 0 Å². The Kier molecular flexibility index (Phi) is 2.60. The van der Waals surface area contributed by atoms with Gasteiger partial charge in [0.25, 0.3) is 5.91 Å². The second kappa shape index (κ2) is 3.92. The van der Waals surface area contributed by atoms with Crippen molar-refractivity contribution in [3.63, 3.8) is 0 Å². The van der Waals surface area contributed by atoms with Crippen LogP contribution >= 0.6 is 0 Å². The third kappa shape index (κ3) is 1.54. The first-order valence-electron chi connectivity index (χ1n) is 4.94. The molecule has 0 saturated heterocycles. The standard InChI is InChI=1S/C11H12N2O3/c1-13-8(6-9(14)16-2)7-4-3-5-12-10(7)11(13)15/h3-5,8H,6H2,1-2H3/t8-/m0/s1. The summed E-state index contributed by atoms with van der Waals surface area (Å²) in [5, 5.41) is 0. The topological polar surface area (TPSA) is 59.5 Å². The van der Waals surface area contributed by atoms with Crippen LogP contribution in [-0.4, -0.2) is 35.9 Å². The Labute approximate surface area is 93.0 Å². The third-order valence-electron chi connectivity index (χ3n) is 2.78. The van der Waals surface area contributed by atoms with Crippen molar-refractivity contribution >= 4 is 11.9 Å². The van der Waals surface area contributed by atoms with E-state index in [0.717, 1.165) is 5.56 Å². The summed E-state index contributed by atoms with van der Waals surface area (Å²) in [4.78, 5) is 28.6. The van der Waals surface area contributed by atoms with E-state index in [2.05, 4.69) is 9.72 Å². The van der Waals surface area contributed by atoms with Gasteiger partial charge in [0.2, 0.25) is 0 Å². The largest absolute Gasteiger partial charge is 0.469 e. The molecule has 0 spiro atoms. The van der Waals surface area contributed by atoms with Crippen molar-refractivity contribution < 1.29 is 14.3 Å². The lowest BCUT2D eigenvalue weighted by atomic mass is 10.1. The first kappa shape index (κ1) is 10.6. The van der Waals surface area contributed by atoms with E-state index in [0.29, 0.717) is 5.69 Å². The molecule has 0 unspecified atom stereocenters. The van der Waals surface area contributed by atoms with Gasteiger partial charge in [-0.25, -0.2) is 0 Å². The molecule has 1 aromatic rings. The number of esters is 1. The number of carbonyl (C=O) groups excluding carboxylic acids is 2. The summed E-state index contributed by atoms with van der Waals surface area (Å²) in [5.41, 5.74) is 1.22. The molecule has 0 saturated carbocycles. The van der Waals surface area contributed by atoms with Crippen LogP contribution in [0, 0.1) is 0 Å². The second-order valence-electron chi connectivity index (χ2n) is 3.65. The number of methoxy groups -OCH3 is 1. The predicted molar refractivity (Wildman–Crippen MR) is 55.7 cm³/mol. The normalized spacial score (nSPS) is 18.5. The number of fused-ring (bicyclic) bond motifs is 1. The lowest BCUT2D eigenvalue weighted by molar-refractivity contribution is -0.141. The van der Waals surface area contributed by atoms with Crippen molar-refractivity contribution in [1.29, 1.82) is 0 Å². The fourth-order valence-corrected chi connectivity index (χ4v) is 1.87. The monoisotopic (exact) mass is 220 g/mol. The summed E-state index contributed by atoms with van der Waals surface area (Å²) in [6.45, 7) is 0.